The molecule has 3 fully saturated rings. The number of likely N-dealkylation sites (tertiary alicyclic amines) is 1. The van der Waals surface area contributed by atoms with Crippen LogP contribution in [0, 0.1) is 34.9 Å². The van der Waals surface area contributed by atoms with Crippen LogP contribution in [-0.4, -0.2) is 51.6 Å². The van der Waals surface area contributed by atoms with E-state index in [9.17, 15) is 23.1 Å². The van der Waals surface area contributed by atoms with E-state index >= 15 is 0 Å². The number of halogens is 3. The van der Waals surface area contributed by atoms with E-state index < -0.39 is 47.8 Å². The summed E-state index contributed by atoms with van der Waals surface area (Å²) in [5.74, 6) is -5.72. The van der Waals surface area contributed by atoms with E-state index in [0.29, 0.717) is 17.6 Å². The SMILES string of the molecule is N#CC1=CCC([C@H]2[C@H]3C(O)N(Cc4ccc(F)cc4)C(=O)[C@H]3[C@H]3N2CCC3(F)F)C=C1. The number of alkyl halides is 2. The minimum absolute atomic E-state index is 0.0390. The molecule has 1 aromatic carbocycles. The van der Waals surface area contributed by atoms with E-state index in [1.807, 2.05) is 6.08 Å². The first-order valence-electron chi connectivity index (χ1n) is 10.5. The molecule has 162 valence electrons. The van der Waals surface area contributed by atoms with E-state index in [1.165, 1.54) is 29.2 Å². The highest BCUT2D eigenvalue weighted by Crippen LogP contribution is 2.55. The number of benzene rings is 1. The summed E-state index contributed by atoms with van der Waals surface area (Å²) < 4.78 is 43.0. The van der Waals surface area contributed by atoms with Gasteiger partial charge in [0.1, 0.15) is 12.0 Å². The van der Waals surface area contributed by atoms with Crippen molar-refractivity contribution in [2.75, 3.05) is 6.54 Å². The standard InChI is InChI=1S/C23H22F3N3O2/c24-16-7-3-14(4-8-16)12-29-21(30)17-18(22(29)31)20-23(25,26)9-10-28(20)19(17)15-5-1-13(11-27)2-6-15/h1-5,7-8,15,17-21,30H,6,9-10,12H2/t15?,17-,18+,19-,20+,21?/m0/s1. The van der Waals surface area contributed by atoms with Crippen LogP contribution in [0.15, 0.2) is 48.1 Å². The Morgan fingerprint density at radius 2 is 2.00 bits per heavy atom. The van der Waals surface area contributed by atoms with Gasteiger partial charge in [0.05, 0.1) is 18.0 Å². The maximum atomic E-state index is 14.9. The second kappa shape index (κ2) is 7.21. The van der Waals surface area contributed by atoms with E-state index in [0.717, 1.165) is 0 Å². The Bertz CT molecular complexity index is 1000. The lowest BCUT2D eigenvalue weighted by Gasteiger charge is -2.36. The van der Waals surface area contributed by atoms with Crippen molar-refractivity contribution < 1.29 is 23.1 Å². The molecule has 3 aliphatic heterocycles. The van der Waals surface area contributed by atoms with E-state index in [1.54, 1.807) is 17.1 Å². The Labute approximate surface area is 178 Å². The predicted octanol–water partition coefficient (Wildman–Crippen LogP) is 2.84. The Hall–Kier alpha value is -2.63. The topological polar surface area (TPSA) is 67.6 Å². The lowest BCUT2D eigenvalue weighted by Crippen LogP contribution is -2.48. The number of allylic oxidation sites excluding steroid dienone is 3. The van der Waals surface area contributed by atoms with E-state index in [4.69, 9.17) is 5.26 Å². The van der Waals surface area contributed by atoms with Gasteiger partial charge in [-0.05, 0) is 36.1 Å². The minimum atomic E-state index is -3.01. The lowest BCUT2D eigenvalue weighted by molar-refractivity contribution is -0.141. The van der Waals surface area contributed by atoms with Gasteiger partial charge in [-0.1, -0.05) is 24.3 Å². The number of aliphatic hydroxyl groups excluding tert-OH is 1. The summed E-state index contributed by atoms with van der Waals surface area (Å²) in [6, 6.07) is 6.00. The largest absolute Gasteiger partial charge is 0.373 e. The van der Waals surface area contributed by atoms with Crippen LogP contribution in [0.4, 0.5) is 13.2 Å². The monoisotopic (exact) mass is 429 g/mol. The van der Waals surface area contributed by atoms with Gasteiger partial charge in [0.25, 0.3) is 5.92 Å². The molecule has 4 aliphatic rings. The number of carbonyl (C=O) groups excluding carboxylic acids is 1. The molecule has 0 bridgehead atoms. The Kier molecular flexibility index (Phi) is 4.72. The normalized spacial score (nSPS) is 36.3. The van der Waals surface area contributed by atoms with Gasteiger partial charge >= 0.3 is 0 Å². The van der Waals surface area contributed by atoms with Crippen molar-refractivity contribution in [1.29, 1.82) is 5.26 Å². The first kappa shape index (κ1) is 20.3. The predicted molar refractivity (Wildman–Crippen MR) is 105 cm³/mol. The summed E-state index contributed by atoms with van der Waals surface area (Å²) in [5, 5.41) is 20.2. The van der Waals surface area contributed by atoms with Gasteiger partial charge in [-0.25, -0.2) is 13.2 Å². The fraction of sp³-hybridized carbons (Fsp3) is 0.478. The van der Waals surface area contributed by atoms with Gasteiger partial charge in [0.2, 0.25) is 5.91 Å². The van der Waals surface area contributed by atoms with Gasteiger partial charge in [0, 0.05) is 37.0 Å². The average Bonchev–Trinajstić information content (AvgIpc) is 3.34. The first-order chi connectivity index (χ1) is 14.8. The van der Waals surface area contributed by atoms with E-state index in [-0.39, 0.29) is 25.4 Å². The third-order valence-corrected chi connectivity index (χ3v) is 7.22. The summed E-state index contributed by atoms with van der Waals surface area (Å²) in [6.07, 6.45) is 4.29. The molecule has 0 saturated carbocycles. The molecule has 0 spiro atoms. The number of nitrogens with zero attached hydrogens (tertiary/aromatic N) is 3. The lowest BCUT2D eigenvalue weighted by atomic mass is 9.79. The highest BCUT2D eigenvalue weighted by atomic mass is 19.3. The summed E-state index contributed by atoms with van der Waals surface area (Å²) in [6.45, 7) is 0.212. The van der Waals surface area contributed by atoms with Crippen molar-refractivity contribution in [2.24, 2.45) is 17.8 Å². The maximum absolute atomic E-state index is 14.9. The summed E-state index contributed by atoms with van der Waals surface area (Å²) in [7, 11) is 0. The van der Waals surface area contributed by atoms with Crippen molar-refractivity contribution >= 4 is 5.91 Å². The number of fused-ring (bicyclic) bond motifs is 3. The number of carbonyl (C=O) groups is 1. The number of rotatable bonds is 3. The third-order valence-electron chi connectivity index (χ3n) is 7.22. The van der Waals surface area contributed by atoms with Crippen LogP contribution in [0.25, 0.3) is 0 Å². The Morgan fingerprint density at radius 3 is 2.65 bits per heavy atom. The molecule has 1 aliphatic carbocycles. The summed E-state index contributed by atoms with van der Waals surface area (Å²) in [4.78, 5) is 16.3. The number of aliphatic hydroxyl groups is 1. The van der Waals surface area contributed by atoms with Crippen LogP contribution in [0.3, 0.4) is 0 Å². The van der Waals surface area contributed by atoms with Crippen LogP contribution >= 0.6 is 0 Å². The number of hydrogen-bond acceptors (Lipinski definition) is 4. The van der Waals surface area contributed by atoms with Gasteiger partial charge in [0.15, 0.2) is 0 Å². The van der Waals surface area contributed by atoms with Crippen molar-refractivity contribution in [2.45, 2.75) is 43.6 Å². The maximum Gasteiger partial charge on any atom is 0.265 e. The summed E-state index contributed by atoms with van der Waals surface area (Å²) >= 11 is 0. The van der Waals surface area contributed by atoms with Crippen molar-refractivity contribution in [3.05, 3.63) is 59.4 Å². The van der Waals surface area contributed by atoms with Crippen LogP contribution in [-0.2, 0) is 11.3 Å². The molecular weight excluding hydrogens is 407 g/mol. The second-order valence-electron chi connectivity index (χ2n) is 8.82. The fourth-order valence-electron chi connectivity index (χ4n) is 5.91. The summed E-state index contributed by atoms with van der Waals surface area (Å²) in [5.41, 5.74) is 1.15. The number of amides is 1. The molecular formula is C23H22F3N3O2. The smallest absolute Gasteiger partial charge is 0.265 e. The molecule has 2 unspecified atom stereocenters. The van der Waals surface area contributed by atoms with Crippen molar-refractivity contribution in [3.8, 4) is 6.07 Å². The Morgan fingerprint density at radius 1 is 1.26 bits per heavy atom. The molecule has 6 atom stereocenters. The zero-order chi connectivity index (χ0) is 21.9. The molecule has 1 N–H and O–H groups in total. The van der Waals surface area contributed by atoms with Gasteiger partial charge < -0.3 is 10.0 Å². The molecule has 1 amide bonds. The highest BCUT2D eigenvalue weighted by Gasteiger charge is 2.70. The van der Waals surface area contributed by atoms with Crippen LogP contribution in [0.2, 0.25) is 0 Å². The molecule has 31 heavy (non-hydrogen) atoms. The van der Waals surface area contributed by atoms with Crippen molar-refractivity contribution in [3.63, 3.8) is 0 Å². The number of nitriles is 1. The van der Waals surface area contributed by atoms with Crippen molar-refractivity contribution in [1.82, 2.24) is 9.80 Å². The molecule has 5 nitrogen and oxygen atoms in total. The molecule has 1 aromatic rings. The fourth-order valence-corrected chi connectivity index (χ4v) is 5.91. The van der Waals surface area contributed by atoms with Gasteiger partial charge in [-0.15, -0.1) is 0 Å². The Balaban J connectivity index is 1.48. The molecule has 3 heterocycles. The minimum Gasteiger partial charge on any atom is -0.373 e. The van der Waals surface area contributed by atoms with E-state index in [2.05, 4.69) is 6.07 Å². The quantitative estimate of drug-likeness (QED) is 0.803. The van der Waals surface area contributed by atoms with Crippen LogP contribution in [0.5, 0.6) is 0 Å². The molecule has 0 radical (unpaired) electrons. The highest BCUT2D eigenvalue weighted by molar-refractivity contribution is 5.83. The zero-order valence-electron chi connectivity index (χ0n) is 16.7. The van der Waals surface area contributed by atoms with Gasteiger partial charge in [-0.3, -0.25) is 9.69 Å². The van der Waals surface area contributed by atoms with Crippen LogP contribution < -0.4 is 0 Å². The molecule has 0 aromatic heterocycles. The third kappa shape index (κ3) is 3.10. The molecule has 3 saturated heterocycles. The van der Waals surface area contributed by atoms with Crippen LogP contribution in [0.1, 0.15) is 18.4 Å². The number of hydrogen-bond donors (Lipinski definition) is 1. The van der Waals surface area contributed by atoms with Gasteiger partial charge in [-0.2, -0.15) is 5.26 Å². The zero-order valence-corrected chi connectivity index (χ0v) is 16.7. The second-order valence-corrected chi connectivity index (χ2v) is 8.82. The molecule has 5 rings (SSSR count). The first-order valence-corrected chi connectivity index (χ1v) is 10.5. The molecule has 8 heteroatoms. The average molecular weight is 429 g/mol.